The van der Waals surface area contributed by atoms with Crippen LogP contribution in [0.25, 0.3) is 5.69 Å². The Kier molecular flexibility index (Phi) is 5.53. The van der Waals surface area contributed by atoms with Gasteiger partial charge in [0, 0.05) is 29.9 Å². The highest BCUT2D eigenvalue weighted by Gasteiger charge is 2.13. The van der Waals surface area contributed by atoms with Gasteiger partial charge in [-0.25, -0.2) is 9.67 Å². The third kappa shape index (κ3) is 3.92. The van der Waals surface area contributed by atoms with Crippen LogP contribution in [0, 0.1) is 0 Å². The lowest BCUT2D eigenvalue weighted by atomic mass is 10.1. The Bertz CT molecular complexity index is 604. The Morgan fingerprint density at radius 2 is 2.00 bits per heavy atom. The zero-order valence-corrected chi connectivity index (χ0v) is 14.7. The summed E-state index contributed by atoms with van der Waals surface area (Å²) < 4.78 is 3.04. The largest absolute Gasteiger partial charge is 0.310 e. The lowest BCUT2D eigenvalue weighted by molar-refractivity contribution is 0.585. The monoisotopic (exact) mass is 350 g/mol. The summed E-state index contributed by atoms with van der Waals surface area (Å²) in [4.78, 5) is 4.61. The Balaban J connectivity index is 2.46. The van der Waals surface area contributed by atoms with Crippen LogP contribution in [0.4, 0.5) is 0 Å². The van der Waals surface area contributed by atoms with Crippen LogP contribution in [0.1, 0.15) is 44.9 Å². The first-order valence-corrected chi connectivity index (χ1v) is 8.31. The van der Waals surface area contributed by atoms with Crippen LogP contribution in [0.3, 0.4) is 0 Å². The van der Waals surface area contributed by atoms with Crippen molar-refractivity contribution in [1.29, 1.82) is 0 Å². The summed E-state index contributed by atoms with van der Waals surface area (Å²) >= 11 is 3.56. The third-order valence-corrected chi connectivity index (χ3v) is 3.82. The zero-order valence-electron chi connectivity index (χ0n) is 13.2. The van der Waals surface area contributed by atoms with Gasteiger partial charge in [-0.05, 0) is 17.7 Å². The highest BCUT2D eigenvalue weighted by Crippen LogP contribution is 2.22. The SMILES string of the molecule is CCc1nc(CC)n(-c2cc(Br)ccc2CNC(C)C)n1. The molecule has 1 heterocycles. The van der Waals surface area contributed by atoms with E-state index in [2.05, 4.69) is 77.2 Å². The average Bonchev–Trinajstić information content (AvgIpc) is 2.89. The van der Waals surface area contributed by atoms with Crippen LogP contribution in [-0.4, -0.2) is 20.8 Å². The van der Waals surface area contributed by atoms with E-state index in [0.29, 0.717) is 6.04 Å². The van der Waals surface area contributed by atoms with Crippen LogP contribution < -0.4 is 5.32 Å². The molecule has 114 valence electrons. The molecule has 4 nitrogen and oxygen atoms in total. The molecule has 0 aliphatic rings. The van der Waals surface area contributed by atoms with Gasteiger partial charge in [-0.2, -0.15) is 5.10 Å². The second kappa shape index (κ2) is 7.18. The van der Waals surface area contributed by atoms with E-state index in [-0.39, 0.29) is 0 Å². The maximum Gasteiger partial charge on any atom is 0.151 e. The van der Waals surface area contributed by atoms with E-state index in [9.17, 15) is 0 Å². The molecular weight excluding hydrogens is 328 g/mol. The molecule has 2 aromatic rings. The van der Waals surface area contributed by atoms with Crippen molar-refractivity contribution in [2.24, 2.45) is 0 Å². The molecule has 2 rings (SSSR count). The average molecular weight is 351 g/mol. The van der Waals surface area contributed by atoms with Crippen LogP contribution in [0.2, 0.25) is 0 Å². The normalized spacial score (nSPS) is 11.3. The first-order chi connectivity index (χ1) is 10.0. The van der Waals surface area contributed by atoms with Crippen molar-refractivity contribution in [1.82, 2.24) is 20.1 Å². The molecular formula is C16H23BrN4. The molecule has 0 saturated heterocycles. The van der Waals surface area contributed by atoms with Crippen molar-refractivity contribution < 1.29 is 0 Å². The van der Waals surface area contributed by atoms with E-state index in [4.69, 9.17) is 0 Å². The van der Waals surface area contributed by atoms with Gasteiger partial charge in [0.25, 0.3) is 0 Å². The molecule has 21 heavy (non-hydrogen) atoms. The number of nitrogens with one attached hydrogen (secondary N) is 1. The highest BCUT2D eigenvalue weighted by atomic mass is 79.9. The number of benzene rings is 1. The van der Waals surface area contributed by atoms with Gasteiger partial charge in [0.05, 0.1) is 5.69 Å². The first kappa shape index (κ1) is 16.2. The first-order valence-electron chi connectivity index (χ1n) is 7.52. The molecule has 0 atom stereocenters. The maximum absolute atomic E-state index is 4.66. The second-order valence-electron chi connectivity index (χ2n) is 5.37. The van der Waals surface area contributed by atoms with Gasteiger partial charge in [0.1, 0.15) is 5.82 Å². The molecule has 0 fully saturated rings. The molecule has 0 amide bonds. The van der Waals surface area contributed by atoms with Crippen molar-refractivity contribution in [3.63, 3.8) is 0 Å². The zero-order chi connectivity index (χ0) is 15.4. The molecule has 0 radical (unpaired) electrons. The summed E-state index contributed by atoms with van der Waals surface area (Å²) in [6, 6.07) is 6.78. The summed E-state index contributed by atoms with van der Waals surface area (Å²) in [5.74, 6) is 1.91. The van der Waals surface area contributed by atoms with Crippen molar-refractivity contribution in [3.8, 4) is 5.69 Å². The lowest BCUT2D eigenvalue weighted by Crippen LogP contribution is -2.23. The molecule has 5 heteroatoms. The topological polar surface area (TPSA) is 42.7 Å². The summed E-state index contributed by atoms with van der Waals surface area (Å²) in [7, 11) is 0. The molecule has 1 N–H and O–H groups in total. The number of halogens is 1. The van der Waals surface area contributed by atoms with Gasteiger partial charge in [-0.15, -0.1) is 0 Å². The minimum absolute atomic E-state index is 0.453. The van der Waals surface area contributed by atoms with E-state index in [1.54, 1.807) is 0 Å². The molecule has 0 saturated carbocycles. The van der Waals surface area contributed by atoms with E-state index in [1.807, 2.05) is 4.68 Å². The molecule has 0 aliphatic heterocycles. The summed E-state index contributed by atoms with van der Waals surface area (Å²) in [6.07, 6.45) is 1.73. The van der Waals surface area contributed by atoms with E-state index >= 15 is 0 Å². The summed E-state index contributed by atoms with van der Waals surface area (Å²) in [5.41, 5.74) is 2.33. The smallest absolute Gasteiger partial charge is 0.151 e. The fraction of sp³-hybridized carbons (Fsp3) is 0.500. The van der Waals surface area contributed by atoms with E-state index in [0.717, 1.165) is 41.2 Å². The van der Waals surface area contributed by atoms with Crippen LogP contribution in [0.15, 0.2) is 22.7 Å². The Hall–Kier alpha value is -1.20. The summed E-state index contributed by atoms with van der Waals surface area (Å²) in [5, 5.41) is 8.13. The van der Waals surface area contributed by atoms with Crippen molar-refractivity contribution in [2.45, 2.75) is 53.1 Å². The lowest BCUT2D eigenvalue weighted by Gasteiger charge is -2.14. The Morgan fingerprint density at radius 3 is 2.62 bits per heavy atom. The molecule has 0 spiro atoms. The number of nitrogens with zero attached hydrogens (tertiary/aromatic N) is 3. The van der Waals surface area contributed by atoms with E-state index < -0.39 is 0 Å². The van der Waals surface area contributed by atoms with E-state index in [1.165, 1.54) is 5.56 Å². The Morgan fingerprint density at radius 1 is 1.24 bits per heavy atom. The number of rotatable bonds is 6. The van der Waals surface area contributed by atoms with Gasteiger partial charge in [-0.3, -0.25) is 0 Å². The molecule has 1 aromatic carbocycles. The van der Waals surface area contributed by atoms with Crippen molar-refractivity contribution in [2.75, 3.05) is 0 Å². The van der Waals surface area contributed by atoms with Gasteiger partial charge < -0.3 is 5.32 Å². The molecule has 1 aromatic heterocycles. The number of aromatic nitrogens is 3. The van der Waals surface area contributed by atoms with Gasteiger partial charge in [-0.1, -0.05) is 49.7 Å². The molecule has 0 unspecified atom stereocenters. The second-order valence-corrected chi connectivity index (χ2v) is 6.29. The van der Waals surface area contributed by atoms with Crippen molar-refractivity contribution in [3.05, 3.63) is 39.9 Å². The van der Waals surface area contributed by atoms with Gasteiger partial charge >= 0.3 is 0 Å². The fourth-order valence-electron chi connectivity index (χ4n) is 2.16. The predicted octanol–water partition coefficient (Wildman–Crippen LogP) is 3.65. The Labute approximate surface area is 135 Å². The standard InChI is InChI=1S/C16H23BrN4/c1-5-15-19-16(6-2)21(20-15)14-9-13(17)8-7-12(14)10-18-11(3)4/h7-9,11,18H,5-6,10H2,1-4H3. The molecule has 0 aliphatic carbocycles. The minimum Gasteiger partial charge on any atom is -0.310 e. The highest BCUT2D eigenvalue weighted by molar-refractivity contribution is 9.10. The quantitative estimate of drug-likeness (QED) is 0.864. The number of aryl methyl sites for hydroxylation is 2. The number of hydrogen-bond donors (Lipinski definition) is 1. The predicted molar refractivity (Wildman–Crippen MR) is 89.8 cm³/mol. The maximum atomic E-state index is 4.66. The van der Waals surface area contributed by atoms with Crippen LogP contribution in [0.5, 0.6) is 0 Å². The minimum atomic E-state index is 0.453. The third-order valence-electron chi connectivity index (χ3n) is 3.33. The van der Waals surface area contributed by atoms with Gasteiger partial charge in [0.2, 0.25) is 0 Å². The van der Waals surface area contributed by atoms with Crippen LogP contribution >= 0.6 is 15.9 Å². The van der Waals surface area contributed by atoms with Crippen molar-refractivity contribution >= 4 is 15.9 Å². The van der Waals surface area contributed by atoms with Crippen LogP contribution in [-0.2, 0) is 19.4 Å². The molecule has 0 bridgehead atoms. The number of hydrogen-bond acceptors (Lipinski definition) is 3. The summed E-state index contributed by atoms with van der Waals surface area (Å²) in [6.45, 7) is 9.33. The van der Waals surface area contributed by atoms with Gasteiger partial charge in [0.15, 0.2) is 5.82 Å². The fourth-order valence-corrected chi connectivity index (χ4v) is 2.51.